The van der Waals surface area contributed by atoms with Gasteiger partial charge in [-0.1, -0.05) is 60.7 Å². The first kappa shape index (κ1) is 13.5. The van der Waals surface area contributed by atoms with Crippen LogP contribution in [0.4, 0.5) is 0 Å². The van der Waals surface area contributed by atoms with Crippen molar-refractivity contribution in [1.29, 1.82) is 0 Å². The second-order valence-electron chi connectivity index (χ2n) is 5.34. The second kappa shape index (κ2) is 5.54. The van der Waals surface area contributed by atoms with Crippen molar-refractivity contribution in [1.82, 2.24) is 9.38 Å². The largest absolute Gasteiger partial charge is 0.297 e. The molecular formula is C20H14N2O. The minimum Gasteiger partial charge on any atom is -0.297 e. The molecule has 0 amide bonds. The summed E-state index contributed by atoms with van der Waals surface area (Å²) < 4.78 is 1.81. The highest BCUT2D eigenvalue weighted by atomic mass is 16.1. The predicted octanol–water partition coefficient (Wildman–Crippen LogP) is 4.48. The Kier molecular flexibility index (Phi) is 3.24. The van der Waals surface area contributed by atoms with Gasteiger partial charge in [-0.3, -0.25) is 9.20 Å². The molecule has 0 N–H and O–H groups in total. The van der Waals surface area contributed by atoms with Crippen LogP contribution in [0.25, 0.3) is 28.0 Å². The molecule has 0 aliphatic carbocycles. The van der Waals surface area contributed by atoms with Crippen LogP contribution in [0.3, 0.4) is 0 Å². The zero-order valence-corrected chi connectivity index (χ0v) is 12.4. The summed E-state index contributed by atoms with van der Waals surface area (Å²) in [5, 5.41) is 0. The van der Waals surface area contributed by atoms with Crippen LogP contribution >= 0.6 is 0 Å². The molecular weight excluding hydrogens is 284 g/mol. The molecule has 3 heteroatoms. The smallest absolute Gasteiger partial charge is 0.169 e. The van der Waals surface area contributed by atoms with Gasteiger partial charge < -0.3 is 0 Å². The highest BCUT2D eigenvalue weighted by molar-refractivity contribution is 5.86. The summed E-state index contributed by atoms with van der Waals surface area (Å²) in [5.41, 5.74) is 5.32. The van der Waals surface area contributed by atoms with E-state index < -0.39 is 0 Å². The Bertz CT molecular complexity index is 970. The maximum absolute atomic E-state index is 11.5. The molecule has 2 aromatic carbocycles. The topological polar surface area (TPSA) is 34.4 Å². The Morgan fingerprint density at radius 1 is 0.739 bits per heavy atom. The van der Waals surface area contributed by atoms with Crippen molar-refractivity contribution < 1.29 is 4.79 Å². The van der Waals surface area contributed by atoms with Crippen molar-refractivity contribution in [3.05, 3.63) is 84.7 Å². The third-order valence-electron chi connectivity index (χ3n) is 3.94. The molecule has 0 aliphatic rings. The van der Waals surface area contributed by atoms with Gasteiger partial charge in [0.15, 0.2) is 6.29 Å². The van der Waals surface area contributed by atoms with E-state index in [0.717, 1.165) is 23.1 Å². The lowest BCUT2D eigenvalue weighted by atomic mass is 10.0. The molecule has 4 aromatic rings. The fourth-order valence-electron chi connectivity index (χ4n) is 2.79. The van der Waals surface area contributed by atoms with Gasteiger partial charge in [0, 0.05) is 11.8 Å². The van der Waals surface area contributed by atoms with Gasteiger partial charge in [-0.15, -0.1) is 0 Å². The standard InChI is InChI=1S/C20H14N2O/c23-14-18-20(21-19-8-4-5-13-22(18)19)17-11-9-16(10-12-17)15-6-2-1-3-7-15/h1-14H. The first-order valence-corrected chi connectivity index (χ1v) is 7.45. The number of carbonyl (C=O) groups excluding carboxylic acids is 1. The van der Waals surface area contributed by atoms with Gasteiger partial charge >= 0.3 is 0 Å². The molecule has 0 spiro atoms. The molecule has 0 aliphatic heterocycles. The average molecular weight is 298 g/mol. The SMILES string of the molecule is O=Cc1c(-c2ccc(-c3ccccc3)cc2)nc2ccccn12. The number of hydrogen-bond acceptors (Lipinski definition) is 2. The van der Waals surface area contributed by atoms with Crippen LogP contribution in [0.15, 0.2) is 79.0 Å². The lowest BCUT2D eigenvalue weighted by Crippen LogP contribution is -1.91. The van der Waals surface area contributed by atoms with Gasteiger partial charge in [0.25, 0.3) is 0 Å². The number of aromatic nitrogens is 2. The fourth-order valence-corrected chi connectivity index (χ4v) is 2.79. The number of imidazole rings is 1. The Hall–Kier alpha value is -3.20. The van der Waals surface area contributed by atoms with Crippen LogP contribution in [-0.4, -0.2) is 15.7 Å². The van der Waals surface area contributed by atoms with Gasteiger partial charge in [-0.05, 0) is 23.3 Å². The molecule has 0 bridgehead atoms. The number of rotatable bonds is 3. The van der Waals surface area contributed by atoms with E-state index in [1.54, 1.807) is 0 Å². The first-order valence-electron chi connectivity index (χ1n) is 7.45. The van der Waals surface area contributed by atoms with E-state index in [4.69, 9.17) is 0 Å². The molecule has 2 aromatic heterocycles. The van der Waals surface area contributed by atoms with Crippen molar-refractivity contribution in [2.24, 2.45) is 0 Å². The summed E-state index contributed by atoms with van der Waals surface area (Å²) >= 11 is 0. The van der Waals surface area contributed by atoms with E-state index in [1.165, 1.54) is 5.56 Å². The Labute approximate surface area is 133 Å². The summed E-state index contributed by atoms with van der Waals surface area (Å²) in [6.45, 7) is 0. The van der Waals surface area contributed by atoms with Crippen molar-refractivity contribution >= 4 is 11.9 Å². The summed E-state index contributed by atoms with van der Waals surface area (Å²) in [5.74, 6) is 0. The quantitative estimate of drug-likeness (QED) is 0.523. The van der Waals surface area contributed by atoms with E-state index in [1.807, 2.05) is 59.1 Å². The Morgan fingerprint density at radius 3 is 2.13 bits per heavy atom. The van der Waals surface area contributed by atoms with Crippen LogP contribution in [0, 0.1) is 0 Å². The molecule has 23 heavy (non-hydrogen) atoms. The number of nitrogens with zero attached hydrogens (tertiary/aromatic N) is 2. The second-order valence-corrected chi connectivity index (χ2v) is 5.34. The van der Waals surface area contributed by atoms with E-state index >= 15 is 0 Å². The molecule has 0 radical (unpaired) electrons. The fraction of sp³-hybridized carbons (Fsp3) is 0. The number of carbonyl (C=O) groups is 1. The number of hydrogen-bond donors (Lipinski definition) is 0. The highest BCUT2D eigenvalue weighted by Gasteiger charge is 2.12. The van der Waals surface area contributed by atoms with Crippen molar-refractivity contribution in [2.45, 2.75) is 0 Å². The van der Waals surface area contributed by atoms with E-state index in [2.05, 4.69) is 29.2 Å². The van der Waals surface area contributed by atoms with E-state index in [0.29, 0.717) is 11.4 Å². The molecule has 0 unspecified atom stereocenters. The zero-order valence-electron chi connectivity index (χ0n) is 12.4. The molecule has 0 atom stereocenters. The first-order chi connectivity index (χ1) is 11.4. The van der Waals surface area contributed by atoms with Crippen LogP contribution in [0.5, 0.6) is 0 Å². The minimum absolute atomic E-state index is 0.577. The lowest BCUT2D eigenvalue weighted by molar-refractivity contribution is 0.111. The van der Waals surface area contributed by atoms with Crippen molar-refractivity contribution in [3.63, 3.8) is 0 Å². The Balaban J connectivity index is 1.81. The van der Waals surface area contributed by atoms with Crippen LogP contribution in [-0.2, 0) is 0 Å². The third-order valence-corrected chi connectivity index (χ3v) is 3.94. The van der Waals surface area contributed by atoms with Gasteiger partial charge in [0.2, 0.25) is 0 Å². The summed E-state index contributed by atoms with van der Waals surface area (Å²) in [6, 6.07) is 24.1. The van der Waals surface area contributed by atoms with Gasteiger partial charge in [-0.25, -0.2) is 4.98 Å². The Morgan fingerprint density at radius 2 is 1.39 bits per heavy atom. The summed E-state index contributed by atoms with van der Waals surface area (Å²) in [7, 11) is 0. The van der Waals surface area contributed by atoms with Gasteiger partial charge in [0.05, 0.1) is 0 Å². The minimum atomic E-state index is 0.577. The molecule has 0 saturated heterocycles. The van der Waals surface area contributed by atoms with Crippen LogP contribution in [0.1, 0.15) is 10.5 Å². The highest BCUT2D eigenvalue weighted by Crippen LogP contribution is 2.26. The van der Waals surface area contributed by atoms with E-state index in [-0.39, 0.29) is 0 Å². The normalized spacial score (nSPS) is 10.8. The van der Waals surface area contributed by atoms with E-state index in [9.17, 15) is 4.79 Å². The molecule has 110 valence electrons. The van der Waals surface area contributed by atoms with Crippen molar-refractivity contribution in [2.75, 3.05) is 0 Å². The maximum atomic E-state index is 11.5. The monoisotopic (exact) mass is 298 g/mol. The zero-order chi connectivity index (χ0) is 15.6. The maximum Gasteiger partial charge on any atom is 0.169 e. The number of pyridine rings is 1. The molecule has 0 fully saturated rings. The summed E-state index contributed by atoms with van der Waals surface area (Å²) in [4.78, 5) is 16.1. The molecule has 0 saturated carbocycles. The van der Waals surface area contributed by atoms with Crippen LogP contribution < -0.4 is 0 Å². The van der Waals surface area contributed by atoms with Crippen LogP contribution in [0.2, 0.25) is 0 Å². The van der Waals surface area contributed by atoms with Crippen molar-refractivity contribution in [3.8, 4) is 22.4 Å². The summed E-state index contributed by atoms with van der Waals surface area (Å²) in [6.07, 6.45) is 2.72. The third kappa shape index (κ3) is 2.32. The molecule has 4 rings (SSSR count). The predicted molar refractivity (Wildman–Crippen MR) is 91.5 cm³/mol. The van der Waals surface area contributed by atoms with Gasteiger partial charge in [-0.2, -0.15) is 0 Å². The average Bonchev–Trinajstić information content (AvgIpc) is 3.01. The number of aldehydes is 1. The molecule has 2 heterocycles. The number of fused-ring (bicyclic) bond motifs is 1. The molecule has 3 nitrogen and oxygen atoms in total. The lowest BCUT2D eigenvalue weighted by Gasteiger charge is -2.03. The number of benzene rings is 2. The van der Waals surface area contributed by atoms with Gasteiger partial charge in [0.1, 0.15) is 17.0 Å².